The minimum atomic E-state index is -0.942. The van der Waals surface area contributed by atoms with Crippen molar-refractivity contribution in [3.05, 3.63) is 88.8 Å². The number of azide groups is 1. The molecule has 3 aromatic rings. The van der Waals surface area contributed by atoms with E-state index in [1.807, 2.05) is 72.8 Å². The molecule has 24 heavy (non-hydrogen) atoms. The van der Waals surface area contributed by atoms with Crippen molar-refractivity contribution in [2.24, 2.45) is 5.11 Å². The van der Waals surface area contributed by atoms with Gasteiger partial charge in [-0.05, 0) is 22.5 Å². The Labute approximate surface area is 139 Å². The van der Waals surface area contributed by atoms with Crippen LogP contribution in [0.2, 0.25) is 0 Å². The largest absolute Gasteiger partial charge is 0.482 e. The molecular formula is C19H17N3O2. The second kappa shape index (κ2) is 7.51. The Kier molecular flexibility index (Phi) is 4.96. The highest BCUT2D eigenvalue weighted by Gasteiger charge is 2.23. The topological polar surface area (TPSA) is 78.2 Å². The summed E-state index contributed by atoms with van der Waals surface area (Å²) < 4.78 is 6.14. The fraction of sp³-hybridized carbons (Fsp3) is 0.158. The lowest BCUT2D eigenvalue weighted by Crippen LogP contribution is -2.26. The Hall–Kier alpha value is -3.01. The third-order valence-electron chi connectivity index (χ3n) is 3.81. The van der Waals surface area contributed by atoms with Crippen molar-refractivity contribution in [2.45, 2.75) is 12.2 Å². The molecule has 0 aliphatic rings. The van der Waals surface area contributed by atoms with Crippen LogP contribution < -0.4 is 4.74 Å². The molecule has 0 fully saturated rings. The first-order chi connectivity index (χ1) is 11.8. The second-order valence-electron chi connectivity index (χ2n) is 5.41. The van der Waals surface area contributed by atoms with Crippen molar-refractivity contribution >= 4 is 10.8 Å². The molecule has 0 spiro atoms. The minimum Gasteiger partial charge on any atom is -0.482 e. The number of benzene rings is 3. The highest BCUT2D eigenvalue weighted by molar-refractivity contribution is 5.88. The number of nitrogens with zero attached hydrogens (tertiary/aromatic N) is 3. The van der Waals surface area contributed by atoms with Crippen molar-refractivity contribution in [3.63, 3.8) is 0 Å². The summed E-state index contributed by atoms with van der Waals surface area (Å²) >= 11 is 0. The maximum absolute atomic E-state index is 10.4. The third-order valence-corrected chi connectivity index (χ3v) is 3.81. The van der Waals surface area contributed by atoms with Gasteiger partial charge in [-0.2, -0.15) is 0 Å². The van der Waals surface area contributed by atoms with Crippen LogP contribution in [0.15, 0.2) is 77.9 Å². The van der Waals surface area contributed by atoms with E-state index in [9.17, 15) is 5.11 Å². The molecule has 0 heterocycles. The summed E-state index contributed by atoms with van der Waals surface area (Å²) in [5.74, 6) is 0.682. The van der Waals surface area contributed by atoms with Gasteiger partial charge in [-0.1, -0.05) is 71.8 Å². The van der Waals surface area contributed by atoms with E-state index in [4.69, 9.17) is 10.3 Å². The molecular weight excluding hydrogens is 302 g/mol. The predicted octanol–water partition coefficient (Wildman–Crippen LogP) is 4.63. The Morgan fingerprint density at radius 1 is 0.958 bits per heavy atom. The SMILES string of the molecule is [N-]=[N+]=NC[C@@H](O)[C@@H](Oc1cccc2ccccc12)c1ccccc1. The van der Waals surface area contributed by atoms with Crippen LogP contribution in [-0.4, -0.2) is 17.8 Å². The Balaban J connectivity index is 1.98. The van der Waals surface area contributed by atoms with Crippen LogP contribution in [0.4, 0.5) is 0 Å². The lowest BCUT2D eigenvalue weighted by Gasteiger charge is -2.24. The van der Waals surface area contributed by atoms with Gasteiger partial charge in [0.1, 0.15) is 18.0 Å². The monoisotopic (exact) mass is 319 g/mol. The molecule has 0 saturated carbocycles. The smallest absolute Gasteiger partial charge is 0.150 e. The highest BCUT2D eigenvalue weighted by atomic mass is 16.5. The first-order valence-corrected chi connectivity index (χ1v) is 7.68. The molecule has 5 nitrogen and oxygen atoms in total. The van der Waals surface area contributed by atoms with Gasteiger partial charge in [-0.15, -0.1) is 0 Å². The lowest BCUT2D eigenvalue weighted by molar-refractivity contribution is 0.0424. The fourth-order valence-corrected chi connectivity index (χ4v) is 2.66. The van der Waals surface area contributed by atoms with Gasteiger partial charge < -0.3 is 9.84 Å². The van der Waals surface area contributed by atoms with Crippen LogP contribution in [0.3, 0.4) is 0 Å². The van der Waals surface area contributed by atoms with Crippen LogP contribution in [0.5, 0.6) is 5.75 Å². The van der Waals surface area contributed by atoms with E-state index in [1.165, 1.54) is 0 Å². The third kappa shape index (κ3) is 3.49. The molecule has 0 saturated heterocycles. The maximum Gasteiger partial charge on any atom is 0.150 e. The molecule has 0 radical (unpaired) electrons. The molecule has 120 valence electrons. The molecule has 0 aliphatic heterocycles. The van der Waals surface area contributed by atoms with E-state index in [2.05, 4.69) is 10.0 Å². The standard InChI is InChI=1S/C19H17N3O2/c20-22-21-13-17(23)19(15-8-2-1-3-9-15)24-18-12-6-10-14-7-4-5-11-16(14)18/h1-12,17,19,23H,13H2/t17-,19+/m1/s1. The molecule has 5 heteroatoms. The molecule has 3 rings (SSSR count). The van der Waals surface area contributed by atoms with E-state index in [1.54, 1.807) is 0 Å². The fourth-order valence-electron chi connectivity index (χ4n) is 2.66. The lowest BCUT2D eigenvalue weighted by atomic mass is 10.0. The number of hydrogen-bond acceptors (Lipinski definition) is 3. The molecule has 0 aromatic heterocycles. The van der Waals surface area contributed by atoms with Crippen molar-refractivity contribution in [2.75, 3.05) is 6.54 Å². The summed E-state index contributed by atoms with van der Waals surface area (Å²) in [5, 5.41) is 15.9. The zero-order valence-electron chi connectivity index (χ0n) is 13.0. The van der Waals surface area contributed by atoms with Gasteiger partial charge in [-0.25, -0.2) is 0 Å². The van der Waals surface area contributed by atoms with E-state index in [0.29, 0.717) is 5.75 Å². The van der Waals surface area contributed by atoms with Gasteiger partial charge in [0.2, 0.25) is 0 Å². The van der Waals surface area contributed by atoms with Crippen LogP contribution in [-0.2, 0) is 0 Å². The van der Waals surface area contributed by atoms with Gasteiger partial charge in [0, 0.05) is 10.3 Å². The number of fused-ring (bicyclic) bond motifs is 1. The Bertz CT molecular complexity index is 855. The highest BCUT2D eigenvalue weighted by Crippen LogP contribution is 2.31. The normalized spacial score (nSPS) is 13.0. The number of hydrogen-bond donors (Lipinski definition) is 1. The quantitative estimate of drug-likeness (QED) is 0.408. The van der Waals surface area contributed by atoms with Gasteiger partial charge in [-0.3, -0.25) is 0 Å². The Morgan fingerprint density at radius 2 is 1.67 bits per heavy atom. The average molecular weight is 319 g/mol. The molecule has 1 N–H and O–H groups in total. The van der Waals surface area contributed by atoms with Crippen molar-refractivity contribution < 1.29 is 9.84 Å². The molecule has 2 atom stereocenters. The van der Waals surface area contributed by atoms with E-state index in [-0.39, 0.29) is 6.54 Å². The molecule has 0 amide bonds. The van der Waals surface area contributed by atoms with E-state index >= 15 is 0 Å². The average Bonchev–Trinajstić information content (AvgIpc) is 2.65. The summed E-state index contributed by atoms with van der Waals surface area (Å²) in [6, 6.07) is 23.1. The van der Waals surface area contributed by atoms with Gasteiger partial charge in [0.25, 0.3) is 0 Å². The number of aliphatic hydroxyl groups is 1. The van der Waals surface area contributed by atoms with Crippen LogP contribution in [0.1, 0.15) is 11.7 Å². The zero-order valence-corrected chi connectivity index (χ0v) is 13.0. The number of rotatable bonds is 6. The van der Waals surface area contributed by atoms with Crippen molar-refractivity contribution in [1.82, 2.24) is 0 Å². The second-order valence-corrected chi connectivity index (χ2v) is 5.41. The molecule has 3 aromatic carbocycles. The Morgan fingerprint density at radius 3 is 2.46 bits per heavy atom. The summed E-state index contributed by atoms with van der Waals surface area (Å²) in [5.41, 5.74) is 9.33. The summed E-state index contributed by atoms with van der Waals surface area (Å²) in [7, 11) is 0. The summed E-state index contributed by atoms with van der Waals surface area (Å²) in [4.78, 5) is 2.72. The number of aliphatic hydroxyl groups excluding tert-OH is 1. The van der Waals surface area contributed by atoms with Gasteiger partial charge in [0.15, 0.2) is 0 Å². The van der Waals surface area contributed by atoms with Crippen LogP contribution >= 0.6 is 0 Å². The van der Waals surface area contributed by atoms with E-state index in [0.717, 1.165) is 16.3 Å². The van der Waals surface area contributed by atoms with Gasteiger partial charge in [0.05, 0.1) is 6.54 Å². The zero-order chi connectivity index (χ0) is 16.8. The first kappa shape index (κ1) is 15.9. The van der Waals surface area contributed by atoms with Gasteiger partial charge >= 0.3 is 0 Å². The molecule has 0 aliphatic carbocycles. The number of ether oxygens (including phenoxy) is 1. The molecule has 0 unspecified atom stereocenters. The minimum absolute atomic E-state index is 0.0547. The summed E-state index contributed by atoms with van der Waals surface area (Å²) in [6.07, 6.45) is -1.57. The predicted molar refractivity (Wildman–Crippen MR) is 93.8 cm³/mol. The molecule has 0 bridgehead atoms. The van der Waals surface area contributed by atoms with Crippen molar-refractivity contribution in [3.8, 4) is 5.75 Å². The van der Waals surface area contributed by atoms with Crippen LogP contribution in [0, 0.1) is 0 Å². The van der Waals surface area contributed by atoms with E-state index < -0.39 is 12.2 Å². The summed E-state index contributed by atoms with van der Waals surface area (Å²) in [6.45, 7) is -0.0547. The van der Waals surface area contributed by atoms with Crippen LogP contribution in [0.25, 0.3) is 21.2 Å². The maximum atomic E-state index is 10.4. The first-order valence-electron chi connectivity index (χ1n) is 7.68. The van der Waals surface area contributed by atoms with Crippen molar-refractivity contribution in [1.29, 1.82) is 0 Å².